The van der Waals surface area contributed by atoms with E-state index in [4.69, 9.17) is 5.84 Å². The molecule has 0 bridgehead atoms. The summed E-state index contributed by atoms with van der Waals surface area (Å²) in [6.45, 7) is 6.69. The molecule has 0 saturated carbocycles. The molecule has 3 N–H and O–H groups in total. The van der Waals surface area contributed by atoms with E-state index in [2.05, 4.69) is 66.4 Å². The van der Waals surface area contributed by atoms with Crippen molar-refractivity contribution in [2.45, 2.75) is 39.7 Å². The van der Waals surface area contributed by atoms with Gasteiger partial charge in [0.25, 0.3) is 0 Å². The zero-order chi connectivity index (χ0) is 12.2. The molecule has 1 aromatic rings. The van der Waals surface area contributed by atoms with Crippen LogP contribution in [0.4, 0.5) is 0 Å². The highest BCUT2D eigenvalue weighted by Crippen LogP contribution is 2.27. The summed E-state index contributed by atoms with van der Waals surface area (Å²) in [7, 11) is 0. The zero-order valence-corrected chi connectivity index (χ0v) is 11.8. The fraction of sp³-hybridized carbons (Fsp3) is 0.538. The van der Waals surface area contributed by atoms with Crippen LogP contribution in [0.5, 0.6) is 0 Å². The molecule has 2 nitrogen and oxygen atoms in total. The van der Waals surface area contributed by atoms with Gasteiger partial charge in [0.05, 0.1) is 0 Å². The molecule has 0 aliphatic rings. The number of halogens is 1. The SMILES string of the molecule is CCC(C)(C)C(Cc1ccc(Br)cc1)NN. The maximum atomic E-state index is 5.65. The third-order valence-corrected chi connectivity index (χ3v) is 3.94. The quantitative estimate of drug-likeness (QED) is 0.643. The summed E-state index contributed by atoms with van der Waals surface area (Å²) < 4.78 is 1.11. The van der Waals surface area contributed by atoms with Crippen molar-refractivity contribution in [3.05, 3.63) is 34.3 Å². The van der Waals surface area contributed by atoms with Crippen LogP contribution >= 0.6 is 15.9 Å². The van der Waals surface area contributed by atoms with Gasteiger partial charge in [-0.2, -0.15) is 0 Å². The maximum absolute atomic E-state index is 5.65. The second kappa shape index (κ2) is 5.80. The Hall–Kier alpha value is -0.380. The molecule has 0 amide bonds. The first-order valence-electron chi connectivity index (χ1n) is 5.70. The third-order valence-electron chi connectivity index (χ3n) is 3.41. The van der Waals surface area contributed by atoms with Crippen LogP contribution in [-0.2, 0) is 6.42 Å². The Balaban J connectivity index is 2.74. The fourth-order valence-corrected chi connectivity index (χ4v) is 1.93. The topological polar surface area (TPSA) is 38.0 Å². The van der Waals surface area contributed by atoms with Gasteiger partial charge in [-0.15, -0.1) is 0 Å². The number of nitrogens with one attached hydrogen (secondary N) is 1. The molecule has 0 saturated heterocycles. The Morgan fingerprint density at radius 1 is 1.31 bits per heavy atom. The van der Waals surface area contributed by atoms with E-state index in [1.807, 2.05) is 0 Å². The number of nitrogens with two attached hydrogens (primary N) is 1. The second-order valence-electron chi connectivity index (χ2n) is 4.89. The predicted molar refractivity (Wildman–Crippen MR) is 73.0 cm³/mol. The van der Waals surface area contributed by atoms with Crippen molar-refractivity contribution in [3.63, 3.8) is 0 Å². The standard InChI is InChI=1S/C13H21BrN2/c1-4-13(2,3)12(16-15)9-10-5-7-11(14)8-6-10/h5-8,12,16H,4,9,15H2,1-3H3. The molecule has 0 heterocycles. The number of hydrogen-bond acceptors (Lipinski definition) is 2. The van der Waals surface area contributed by atoms with Crippen LogP contribution in [0.2, 0.25) is 0 Å². The van der Waals surface area contributed by atoms with Gasteiger partial charge in [-0.25, -0.2) is 0 Å². The first-order valence-corrected chi connectivity index (χ1v) is 6.49. The van der Waals surface area contributed by atoms with Crippen molar-refractivity contribution in [2.75, 3.05) is 0 Å². The van der Waals surface area contributed by atoms with Crippen LogP contribution in [0.25, 0.3) is 0 Å². The van der Waals surface area contributed by atoms with Gasteiger partial charge in [-0.05, 0) is 36.0 Å². The molecule has 1 rings (SSSR count). The Morgan fingerprint density at radius 2 is 1.88 bits per heavy atom. The van der Waals surface area contributed by atoms with Gasteiger partial charge in [0.2, 0.25) is 0 Å². The van der Waals surface area contributed by atoms with Crippen LogP contribution in [0, 0.1) is 5.41 Å². The highest BCUT2D eigenvalue weighted by atomic mass is 79.9. The highest BCUT2D eigenvalue weighted by molar-refractivity contribution is 9.10. The molecule has 0 spiro atoms. The Bertz CT molecular complexity index is 319. The van der Waals surface area contributed by atoms with Crippen molar-refractivity contribution < 1.29 is 0 Å². The molecule has 0 aliphatic carbocycles. The second-order valence-corrected chi connectivity index (χ2v) is 5.81. The Morgan fingerprint density at radius 3 is 2.31 bits per heavy atom. The van der Waals surface area contributed by atoms with E-state index >= 15 is 0 Å². The molecule has 0 aromatic heterocycles. The van der Waals surface area contributed by atoms with Gasteiger partial charge in [-0.3, -0.25) is 11.3 Å². The van der Waals surface area contributed by atoms with E-state index in [1.54, 1.807) is 0 Å². The molecule has 0 aliphatic heterocycles. The van der Waals surface area contributed by atoms with Gasteiger partial charge < -0.3 is 0 Å². The normalized spacial score (nSPS) is 13.8. The lowest BCUT2D eigenvalue weighted by Gasteiger charge is -2.33. The lowest BCUT2D eigenvalue weighted by molar-refractivity contribution is 0.231. The van der Waals surface area contributed by atoms with E-state index < -0.39 is 0 Å². The van der Waals surface area contributed by atoms with Crippen molar-refractivity contribution in [1.29, 1.82) is 0 Å². The minimum absolute atomic E-state index is 0.210. The third kappa shape index (κ3) is 3.58. The first kappa shape index (κ1) is 13.7. The van der Waals surface area contributed by atoms with Crippen molar-refractivity contribution in [2.24, 2.45) is 11.3 Å². The van der Waals surface area contributed by atoms with Crippen molar-refractivity contribution >= 4 is 15.9 Å². The average Bonchev–Trinajstić information content (AvgIpc) is 2.28. The largest absolute Gasteiger partial charge is 0.271 e. The number of rotatable bonds is 5. The van der Waals surface area contributed by atoms with Gasteiger partial charge in [0, 0.05) is 10.5 Å². The summed E-state index contributed by atoms with van der Waals surface area (Å²) in [5, 5.41) is 0. The number of benzene rings is 1. The van der Waals surface area contributed by atoms with Crippen LogP contribution in [-0.4, -0.2) is 6.04 Å². The molecule has 90 valence electrons. The molecule has 0 fully saturated rings. The number of hydrazine groups is 1. The average molecular weight is 285 g/mol. The predicted octanol–water partition coefficient (Wildman–Crippen LogP) is 3.26. The molecule has 16 heavy (non-hydrogen) atoms. The van der Waals surface area contributed by atoms with Crippen LogP contribution in [0.3, 0.4) is 0 Å². The van der Waals surface area contributed by atoms with E-state index in [0.717, 1.165) is 17.3 Å². The van der Waals surface area contributed by atoms with Crippen LogP contribution in [0.15, 0.2) is 28.7 Å². The van der Waals surface area contributed by atoms with Gasteiger partial charge in [0.15, 0.2) is 0 Å². The summed E-state index contributed by atoms with van der Waals surface area (Å²) in [6, 6.07) is 8.73. The lowest BCUT2D eigenvalue weighted by Crippen LogP contribution is -2.46. The smallest absolute Gasteiger partial charge is 0.0301 e. The number of hydrogen-bond donors (Lipinski definition) is 2. The van der Waals surface area contributed by atoms with Crippen molar-refractivity contribution in [1.82, 2.24) is 5.43 Å². The summed E-state index contributed by atoms with van der Waals surface area (Å²) in [4.78, 5) is 0. The minimum Gasteiger partial charge on any atom is -0.271 e. The summed E-state index contributed by atoms with van der Waals surface area (Å²) in [5.41, 5.74) is 4.47. The molecule has 3 heteroatoms. The monoisotopic (exact) mass is 284 g/mol. The van der Waals surface area contributed by atoms with E-state index in [1.165, 1.54) is 5.56 Å². The molecule has 1 atom stereocenters. The van der Waals surface area contributed by atoms with Gasteiger partial charge in [-0.1, -0.05) is 48.8 Å². The van der Waals surface area contributed by atoms with Gasteiger partial charge >= 0.3 is 0 Å². The molecule has 0 radical (unpaired) electrons. The Kier molecular flexibility index (Phi) is 4.96. The van der Waals surface area contributed by atoms with Gasteiger partial charge in [0.1, 0.15) is 0 Å². The van der Waals surface area contributed by atoms with Crippen LogP contribution < -0.4 is 11.3 Å². The first-order chi connectivity index (χ1) is 7.49. The van der Waals surface area contributed by atoms with Crippen molar-refractivity contribution in [3.8, 4) is 0 Å². The molecule has 1 aromatic carbocycles. The lowest BCUT2D eigenvalue weighted by atomic mass is 9.79. The van der Waals surface area contributed by atoms with E-state index in [9.17, 15) is 0 Å². The minimum atomic E-state index is 0.210. The zero-order valence-electron chi connectivity index (χ0n) is 10.3. The summed E-state index contributed by atoms with van der Waals surface area (Å²) >= 11 is 3.44. The maximum Gasteiger partial charge on any atom is 0.0301 e. The highest BCUT2D eigenvalue weighted by Gasteiger charge is 2.26. The fourth-order valence-electron chi connectivity index (χ4n) is 1.66. The molecular formula is C13H21BrN2. The summed E-state index contributed by atoms with van der Waals surface area (Å²) in [5.74, 6) is 5.65. The van der Waals surface area contributed by atoms with Crippen LogP contribution in [0.1, 0.15) is 32.8 Å². The Labute approximate surface area is 107 Å². The van der Waals surface area contributed by atoms with E-state index in [-0.39, 0.29) is 5.41 Å². The molecular weight excluding hydrogens is 264 g/mol. The summed E-state index contributed by atoms with van der Waals surface area (Å²) in [6.07, 6.45) is 2.07. The van der Waals surface area contributed by atoms with E-state index in [0.29, 0.717) is 6.04 Å². The molecule has 1 unspecified atom stereocenters.